The van der Waals surface area contributed by atoms with Crippen LogP contribution >= 0.6 is 36.4 Å². The molecule has 0 unspecified atom stereocenters. The van der Waals surface area contributed by atoms with E-state index in [1.165, 1.54) is 0 Å². The predicted octanol–water partition coefficient (Wildman–Crippen LogP) is 5.52. The van der Waals surface area contributed by atoms with Gasteiger partial charge in [0, 0.05) is 11.4 Å². The van der Waals surface area contributed by atoms with Crippen LogP contribution in [0.4, 0.5) is 17.1 Å². The lowest BCUT2D eigenvalue weighted by Gasteiger charge is -2.24. The third-order valence-corrected chi connectivity index (χ3v) is 5.79. The molecule has 0 saturated carbocycles. The molecule has 0 bridgehead atoms. The summed E-state index contributed by atoms with van der Waals surface area (Å²) < 4.78 is 0. The number of hydrogen-bond donors (Lipinski definition) is 2. The first-order chi connectivity index (χ1) is 15.0. The maximum absolute atomic E-state index is 13.2. The van der Waals surface area contributed by atoms with Crippen LogP contribution in [-0.4, -0.2) is 49.4 Å². The number of amides is 2. The summed E-state index contributed by atoms with van der Waals surface area (Å²) >= 11 is 6.13. The highest BCUT2D eigenvalue weighted by Gasteiger charge is 2.28. The Bertz CT molecular complexity index is 922. The lowest BCUT2D eigenvalue weighted by atomic mass is 10.1. The van der Waals surface area contributed by atoms with Crippen molar-refractivity contribution in [1.29, 1.82) is 0 Å². The molecule has 0 aromatic heterocycles. The molecule has 0 radical (unpaired) electrons. The van der Waals surface area contributed by atoms with Gasteiger partial charge < -0.3 is 15.5 Å². The first-order valence-electron chi connectivity index (χ1n) is 11.0. The minimum absolute atomic E-state index is 0. The SMILES string of the molecule is CCN(CC)CCCNCCCC(=O)N1c2ccc(Cl)cc2NC(=O)c2ccccc21.Cl.Cl. The van der Waals surface area contributed by atoms with E-state index >= 15 is 0 Å². The number of carbonyl (C=O) groups is 2. The zero-order chi connectivity index (χ0) is 22.2. The number of para-hydroxylation sites is 1. The van der Waals surface area contributed by atoms with Gasteiger partial charge in [0.2, 0.25) is 5.91 Å². The van der Waals surface area contributed by atoms with Crippen LogP contribution in [-0.2, 0) is 4.79 Å². The van der Waals surface area contributed by atoms with Crippen LogP contribution in [0.3, 0.4) is 0 Å². The van der Waals surface area contributed by atoms with Crippen LogP contribution < -0.4 is 15.5 Å². The van der Waals surface area contributed by atoms with E-state index in [1.54, 1.807) is 35.2 Å². The lowest BCUT2D eigenvalue weighted by molar-refractivity contribution is -0.118. The summed E-state index contributed by atoms with van der Waals surface area (Å²) in [6.45, 7) is 9.32. The fourth-order valence-electron chi connectivity index (χ4n) is 3.82. The highest BCUT2D eigenvalue weighted by Crippen LogP contribution is 2.39. The number of nitrogens with one attached hydrogen (secondary N) is 2. The van der Waals surface area contributed by atoms with Crippen molar-refractivity contribution in [2.45, 2.75) is 33.1 Å². The van der Waals surface area contributed by atoms with Gasteiger partial charge in [-0.3, -0.25) is 14.5 Å². The summed E-state index contributed by atoms with van der Waals surface area (Å²) in [5.41, 5.74) is 2.24. The molecular weight excluding hydrogens is 483 g/mol. The van der Waals surface area contributed by atoms with Crippen molar-refractivity contribution < 1.29 is 9.59 Å². The van der Waals surface area contributed by atoms with Crippen molar-refractivity contribution in [2.24, 2.45) is 0 Å². The number of carbonyl (C=O) groups excluding carboxylic acids is 2. The molecule has 2 N–H and O–H groups in total. The Morgan fingerprint density at radius 3 is 2.45 bits per heavy atom. The summed E-state index contributed by atoms with van der Waals surface area (Å²) in [4.78, 5) is 30.0. The second-order valence-corrected chi connectivity index (χ2v) is 8.03. The quantitative estimate of drug-likeness (QED) is 0.409. The van der Waals surface area contributed by atoms with Crippen molar-refractivity contribution in [2.75, 3.05) is 42.9 Å². The van der Waals surface area contributed by atoms with Crippen LogP contribution in [0.2, 0.25) is 5.02 Å². The van der Waals surface area contributed by atoms with Gasteiger partial charge in [-0.25, -0.2) is 0 Å². The first-order valence-corrected chi connectivity index (χ1v) is 11.4. The Labute approximate surface area is 213 Å². The first kappa shape index (κ1) is 29.2. The standard InChI is InChI=1S/C24H31ClN4O2.2ClH/c1-3-28(4-2)16-8-15-26-14-7-11-23(30)29-21-10-6-5-9-19(21)24(31)27-20-17-18(25)12-13-22(20)29;;/h5-6,9-10,12-13,17,26H,3-4,7-8,11,14-16H2,1-2H3,(H,27,31);2*1H. The van der Waals surface area contributed by atoms with E-state index in [4.69, 9.17) is 11.6 Å². The Kier molecular flexibility index (Phi) is 12.8. The van der Waals surface area contributed by atoms with E-state index in [0.717, 1.165) is 45.6 Å². The molecule has 2 aromatic carbocycles. The summed E-state index contributed by atoms with van der Waals surface area (Å²) in [6, 6.07) is 12.4. The van der Waals surface area contributed by atoms with Crippen LogP contribution in [0, 0.1) is 0 Å². The van der Waals surface area contributed by atoms with Crippen molar-refractivity contribution in [3.63, 3.8) is 0 Å². The summed E-state index contributed by atoms with van der Waals surface area (Å²) in [5, 5.41) is 6.82. The molecule has 2 aromatic rings. The van der Waals surface area contributed by atoms with Crippen molar-refractivity contribution >= 4 is 65.3 Å². The molecule has 0 fully saturated rings. The van der Waals surface area contributed by atoms with Gasteiger partial charge >= 0.3 is 0 Å². The molecule has 9 heteroatoms. The van der Waals surface area contributed by atoms with Gasteiger partial charge in [-0.15, -0.1) is 24.8 Å². The number of benzene rings is 2. The number of hydrogen-bond acceptors (Lipinski definition) is 4. The predicted molar refractivity (Wildman–Crippen MR) is 142 cm³/mol. The highest BCUT2D eigenvalue weighted by molar-refractivity contribution is 6.31. The Morgan fingerprint density at radius 2 is 1.73 bits per heavy atom. The van der Waals surface area contributed by atoms with Crippen molar-refractivity contribution in [3.8, 4) is 0 Å². The molecule has 1 aliphatic heterocycles. The molecule has 1 heterocycles. The third kappa shape index (κ3) is 7.59. The van der Waals surface area contributed by atoms with E-state index in [0.29, 0.717) is 34.1 Å². The van der Waals surface area contributed by atoms with Gasteiger partial charge in [0.15, 0.2) is 0 Å². The van der Waals surface area contributed by atoms with Crippen molar-refractivity contribution in [3.05, 3.63) is 53.1 Å². The summed E-state index contributed by atoms with van der Waals surface area (Å²) in [5.74, 6) is -0.290. The second-order valence-electron chi connectivity index (χ2n) is 7.60. The van der Waals surface area contributed by atoms with E-state index in [1.807, 2.05) is 12.1 Å². The molecular formula is C24H33Cl3N4O2. The topological polar surface area (TPSA) is 64.7 Å². The Balaban J connectivity index is 0.00000272. The monoisotopic (exact) mass is 514 g/mol. The van der Waals surface area contributed by atoms with Crippen molar-refractivity contribution in [1.82, 2.24) is 10.2 Å². The number of fused-ring (bicyclic) bond motifs is 2. The smallest absolute Gasteiger partial charge is 0.257 e. The Hall–Kier alpha value is -1.83. The maximum Gasteiger partial charge on any atom is 0.257 e. The fraction of sp³-hybridized carbons (Fsp3) is 0.417. The average molecular weight is 516 g/mol. The highest BCUT2D eigenvalue weighted by atomic mass is 35.5. The molecule has 33 heavy (non-hydrogen) atoms. The van der Waals surface area contributed by atoms with Gasteiger partial charge in [-0.1, -0.05) is 37.6 Å². The van der Waals surface area contributed by atoms with Crippen LogP contribution in [0.5, 0.6) is 0 Å². The number of halogens is 3. The van der Waals surface area contributed by atoms with Gasteiger partial charge in [0.1, 0.15) is 0 Å². The minimum Gasteiger partial charge on any atom is -0.320 e. The molecule has 182 valence electrons. The van der Waals surface area contributed by atoms with E-state index in [9.17, 15) is 9.59 Å². The lowest BCUT2D eigenvalue weighted by Crippen LogP contribution is -2.29. The zero-order valence-corrected chi connectivity index (χ0v) is 21.5. The molecule has 0 saturated heterocycles. The molecule has 3 rings (SSSR count). The third-order valence-electron chi connectivity index (χ3n) is 5.55. The summed E-state index contributed by atoms with van der Waals surface area (Å²) in [6.07, 6.45) is 2.21. The van der Waals surface area contributed by atoms with Crippen LogP contribution in [0.25, 0.3) is 0 Å². The average Bonchev–Trinajstić information content (AvgIpc) is 2.89. The molecule has 6 nitrogen and oxygen atoms in total. The maximum atomic E-state index is 13.2. The number of anilines is 3. The molecule has 2 amide bonds. The second kappa shape index (κ2) is 14.4. The molecule has 0 aliphatic carbocycles. The zero-order valence-electron chi connectivity index (χ0n) is 19.1. The molecule has 0 spiro atoms. The van der Waals surface area contributed by atoms with Crippen LogP contribution in [0.15, 0.2) is 42.5 Å². The van der Waals surface area contributed by atoms with Crippen LogP contribution in [0.1, 0.15) is 43.5 Å². The van der Waals surface area contributed by atoms with E-state index in [-0.39, 0.29) is 36.6 Å². The fourth-order valence-corrected chi connectivity index (χ4v) is 3.99. The largest absolute Gasteiger partial charge is 0.320 e. The van der Waals surface area contributed by atoms with E-state index < -0.39 is 0 Å². The normalized spacial score (nSPS) is 12.1. The minimum atomic E-state index is -0.246. The Morgan fingerprint density at radius 1 is 1.03 bits per heavy atom. The van der Waals surface area contributed by atoms with Gasteiger partial charge in [-0.2, -0.15) is 0 Å². The van der Waals surface area contributed by atoms with Gasteiger partial charge in [-0.05, 0) is 75.9 Å². The molecule has 0 atom stereocenters. The van der Waals surface area contributed by atoms with Gasteiger partial charge in [0.25, 0.3) is 5.91 Å². The van der Waals surface area contributed by atoms with Gasteiger partial charge in [0.05, 0.1) is 22.6 Å². The number of nitrogens with zero attached hydrogens (tertiary/aromatic N) is 2. The molecule has 1 aliphatic rings. The van der Waals surface area contributed by atoms with E-state index in [2.05, 4.69) is 29.4 Å². The number of rotatable bonds is 10. The summed E-state index contributed by atoms with van der Waals surface area (Å²) in [7, 11) is 0.